The third-order valence-electron chi connectivity index (χ3n) is 1.92. The van der Waals surface area contributed by atoms with Crippen LogP contribution in [0.3, 0.4) is 0 Å². The van der Waals surface area contributed by atoms with Gasteiger partial charge in [0, 0.05) is 17.1 Å². The molecule has 0 aromatic carbocycles. The smallest absolute Gasteiger partial charge is 0.354 e. The largest absolute Gasteiger partial charge is 0.477 e. The summed E-state index contributed by atoms with van der Waals surface area (Å²) in [5.41, 5.74) is 0.841. The third-order valence-corrected chi connectivity index (χ3v) is 1.92. The van der Waals surface area contributed by atoms with Crippen LogP contribution in [0.2, 0.25) is 0 Å². The first-order chi connectivity index (χ1) is 6.72. The van der Waals surface area contributed by atoms with Gasteiger partial charge in [0.15, 0.2) is 12.0 Å². The fourth-order valence-corrected chi connectivity index (χ4v) is 1.24. The number of carbonyl (C=O) groups is 2. The Hall–Kier alpha value is -2.17. The Balaban J connectivity index is 2.68. The fraction of sp³-hybridized carbons (Fsp3) is 0. The van der Waals surface area contributed by atoms with E-state index in [0.29, 0.717) is 22.9 Å². The fourth-order valence-electron chi connectivity index (χ4n) is 1.24. The first-order valence-corrected chi connectivity index (χ1v) is 3.89. The number of carbonyl (C=O) groups excluding carboxylic acids is 1. The second kappa shape index (κ2) is 2.95. The van der Waals surface area contributed by atoms with Gasteiger partial charge in [0.1, 0.15) is 5.65 Å². The molecule has 14 heavy (non-hydrogen) atoms. The lowest BCUT2D eigenvalue weighted by atomic mass is 10.2. The van der Waals surface area contributed by atoms with E-state index in [0.717, 1.165) is 0 Å². The topological polar surface area (TPSA) is 83.0 Å². The van der Waals surface area contributed by atoms with E-state index >= 15 is 0 Å². The van der Waals surface area contributed by atoms with Crippen LogP contribution in [0.25, 0.3) is 11.0 Å². The molecule has 0 aliphatic carbocycles. The second-order valence-electron chi connectivity index (χ2n) is 2.76. The Morgan fingerprint density at radius 3 is 2.93 bits per heavy atom. The molecule has 5 heteroatoms. The number of aromatic carboxylic acids is 1. The lowest BCUT2D eigenvalue weighted by molar-refractivity contribution is 0.0690. The zero-order valence-corrected chi connectivity index (χ0v) is 7.02. The molecule has 0 saturated heterocycles. The maximum atomic E-state index is 10.6. The molecule has 0 aliphatic heterocycles. The van der Waals surface area contributed by atoms with E-state index in [-0.39, 0.29) is 5.69 Å². The number of fused-ring (bicyclic) bond motifs is 1. The van der Waals surface area contributed by atoms with Crippen molar-refractivity contribution >= 4 is 23.3 Å². The number of aromatic amines is 1. The van der Waals surface area contributed by atoms with Gasteiger partial charge >= 0.3 is 5.97 Å². The molecular formula is C9H6N2O3. The van der Waals surface area contributed by atoms with Crippen LogP contribution in [0.5, 0.6) is 0 Å². The van der Waals surface area contributed by atoms with Gasteiger partial charge in [-0.25, -0.2) is 9.78 Å². The Labute approximate surface area is 78.4 Å². The number of hydrogen-bond acceptors (Lipinski definition) is 3. The van der Waals surface area contributed by atoms with Crippen molar-refractivity contribution in [3.05, 3.63) is 29.6 Å². The SMILES string of the molecule is O=Cc1c[nH]c2nc(C(=O)O)ccc12. The summed E-state index contributed by atoms with van der Waals surface area (Å²) in [5.74, 6) is -1.09. The molecule has 0 bridgehead atoms. The highest BCUT2D eigenvalue weighted by Crippen LogP contribution is 2.14. The maximum Gasteiger partial charge on any atom is 0.354 e. The molecular weight excluding hydrogens is 184 g/mol. The molecule has 0 aliphatic rings. The van der Waals surface area contributed by atoms with Crippen molar-refractivity contribution in [3.8, 4) is 0 Å². The monoisotopic (exact) mass is 190 g/mol. The van der Waals surface area contributed by atoms with Gasteiger partial charge in [0.05, 0.1) is 0 Å². The van der Waals surface area contributed by atoms with Crippen LogP contribution in [0.15, 0.2) is 18.3 Å². The van der Waals surface area contributed by atoms with Crippen molar-refractivity contribution in [1.82, 2.24) is 9.97 Å². The van der Waals surface area contributed by atoms with Crippen molar-refractivity contribution < 1.29 is 14.7 Å². The highest BCUT2D eigenvalue weighted by molar-refractivity contribution is 5.97. The van der Waals surface area contributed by atoms with Gasteiger partial charge < -0.3 is 10.1 Å². The van der Waals surface area contributed by atoms with Crippen molar-refractivity contribution in [2.75, 3.05) is 0 Å². The van der Waals surface area contributed by atoms with Crippen LogP contribution in [0, 0.1) is 0 Å². The summed E-state index contributed by atoms with van der Waals surface area (Å²) in [6.45, 7) is 0. The molecule has 0 amide bonds. The van der Waals surface area contributed by atoms with Crippen LogP contribution >= 0.6 is 0 Å². The molecule has 2 N–H and O–H groups in total. The zero-order valence-electron chi connectivity index (χ0n) is 7.02. The van der Waals surface area contributed by atoms with Crippen LogP contribution in [0.1, 0.15) is 20.8 Å². The third kappa shape index (κ3) is 1.15. The van der Waals surface area contributed by atoms with E-state index in [2.05, 4.69) is 9.97 Å². The molecule has 2 aromatic rings. The molecule has 2 aromatic heterocycles. The van der Waals surface area contributed by atoms with Gasteiger partial charge in [-0.2, -0.15) is 0 Å². The number of aldehydes is 1. The summed E-state index contributed by atoms with van der Waals surface area (Å²) < 4.78 is 0. The molecule has 5 nitrogen and oxygen atoms in total. The molecule has 2 rings (SSSR count). The lowest BCUT2D eigenvalue weighted by Crippen LogP contribution is -1.99. The average molecular weight is 190 g/mol. The number of hydrogen-bond donors (Lipinski definition) is 2. The molecule has 0 spiro atoms. The first kappa shape index (κ1) is 8.43. The minimum Gasteiger partial charge on any atom is -0.477 e. The molecule has 0 fully saturated rings. The summed E-state index contributed by atoms with van der Waals surface area (Å²) in [7, 11) is 0. The first-order valence-electron chi connectivity index (χ1n) is 3.89. The molecule has 0 saturated carbocycles. The molecule has 70 valence electrons. The number of H-pyrrole nitrogens is 1. The number of pyridine rings is 1. The van der Waals surface area contributed by atoms with Crippen LogP contribution in [0.4, 0.5) is 0 Å². The number of nitrogens with one attached hydrogen (secondary N) is 1. The number of carboxylic acids is 1. The van der Waals surface area contributed by atoms with E-state index in [1.807, 2.05) is 0 Å². The Morgan fingerprint density at radius 2 is 2.29 bits per heavy atom. The van der Waals surface area contributed by atoms with E-state index in [4.69, 9.17) is 5.11 Å². The van der Waals surface area contributed by atoms with Crippen LogP contribution in [-0.4, -0.2) is 27.3 Å². The number of aromatic nitrogens is 2. The van der Waals surface area contributed by atoms with Crippen molar-refractivity contribution in [3.63, 3.8) is 0 Å². The predicted octanol–water partition coefficient (Wildman–Crippen LogP) is 1.07. The molecule has 2 heterocycles. The minimum absolute atomic E-state index is 0.0446. The van der Waals surface area contributed by atoms with Crippen molar-refractivity contribution in [2.45, 2.75) is 0 Å². The van der Waals surface area contributed by atoms with E-state index < -0.39 is 5.97 Å². The van der Waals surface area contributed by atoms with E-state index in [1.165, 1.54) is 12.3 Å². The summed E-state index contributed by atoms with van der Waals surface area (Å²) in [5, 5.41) is 9.29. The maximum absolute atomic E-state index is 10.6. The zero-order chi connectivity index (χ0) is 10.1. The summed E-state index contributed by atoms with van der Waals surface area (Å²) in [6.07, 6.45) is 2.19. The lowest BCUT2D eigenvalue weighted by Gasteiger charge is -1.93. The van der Waals surface area contributed by atoms with Gasteiger partial charge in [0.2, 0.25) is 0 Å². The molecule has 0 unspecified atom stereocenters. The average Bonchev–Trinajstić information content (AvgIpc) is 2.59. The number of carboxylic acid groups (broad SMARTS) is 1. The van der Waals surface area contributed by atoms with Crippen LogP contribution < -0.4 is 0 Å². The summed E-state index contributed by atoms with van der Waals surface area (Å²) in [6, 6.07) is 2.93. The van der Waals surface area contributed by atoms with E-state index in [1.54, 1.807) is 6.07 Å². The summed E-state index contributed by atoms with van der Waals surface area (Å²) in [4.78, 5) is 27.7. The predicted molar refractivity (Wildman–Crippen MR) is 48.4 cm³/mol. The minimum atomic E-state index is -1.09. The van der Waals surface area contributed by atoms with Gasteiger partial charge in [-0.05, 0) is 12.1 Å². The number of rotatable bonds is 2. The highest BCUT2D eigenvalue weighted by Gasteiger charge is 2.08. The Morgan fingerprint density at radius 1 is 1.50 bits per heavy atom. The van der Waals surface area contributed by atoms with Gasteiger partial charge in [-0.1, -0.05) is 0 Å². The number of nitrogens with zero attached hydrogens (tertiary/aromatic N) is 1. The highest BCUT2D eigenvalue weighted by atomic mass is 16.4. The van der Waals surface area contributed by atoms with Crippen molar-refractivity contribution in [1.29, 1.82) is 0 Å². The normalized spacial score (nSPS) is 10.3. The van der Waals surface area contributed by atoms with Crippen LogP contribution in [-0.2, 0) is 0 Å². The quantitative estimate of drug-likeness (QED) is 0.694. The second-order valence-corrected chi connectivity index (χ2v) is 2.76. The molecule has 0 radical (unpaired) electrons. The van der Waals surface area contributed by atoms with Crippen molar-refractivity contribution in [2.24, 2.45) is 0 Å². The van der Waals surface area contributed by atoms with E-state index in [9.17, 15) is 9.59 Å². The molecule has 0 atom stereocenters. The van der Waals surface area contributed by atoms with Gasteiger partial charge in [-0.3, -0.25) is 4.79 Å². The summed E-state index contributed by atoms with van der Waals surface area (Å²) >= 11 is 0. The Kier molecular flexibility index (Phi) is 1.78. The van der Waals surface area contributed by atoms with Gasteiger partial charge in [-0.15, -0.1) is 0 Å². The Bertz CT molecular complexity index is 516. The van der Waals surface area contributed by atoms with Gasteiger partial charge in [0.25, 0.3) is 0 Å². The standard InChI is InChI=1S/C9H6N2O3/c12-4-5-3-10-8-6(5)1-2-7(11-8)9(13)14/h1-4H,(H,10,11)(H,13,14).